The summed E-state index contributed by atoms with van der Waals surface area (Å²) in [5.74, 6) is 0. The second-order valence-electron chi connectivity index (χ2n) is 17.9. The van der Waals surface area contributed by atoms with E-state index in [9.17, 15) is 0 Å². The summed E-state index contributed by atoms with van der Waals surface area (Å²) in [5.41, 5.74) is 12.4. The molecule has 0 spiro atoms. The highest BCUT2D eigenvalue weighted by molar-refractivity contribution is 6.07. The normalized spacial score (nSPS) is 26.0. The minimum Gasteiger partial charge on any atom is -0.375 e. The predicted molar refractivity (Wildman–Crippen MR) is 212 cm³/mol. The maximum atomic E-state index is 4.83. The zero-order valence-corrected chi connectivity index (χ0v) is 32.5. The molecule has 2 unspecified atom stereocenters. The summed E-state index contributed by atoms with van der Waals surface area (Å²) < 4.78 is 5.54. The van der Waals surface area contributed by atoms with Crippen LogP contribution in [0, 0.1) is 6.92 Å². The van der Waals surface area contributed by atoms with Crippen LogP contribution in [0.1, 0.15) is 128 Å². The Morgan fingerprint density at radius 2 is 1.61 bits per heavy atom. The molecule has 2 aromatic carbocycles. The number of benzene rings is 2. The summed E-state index contributed by atoms with van der Waals surface area (Å²) in [6.07, 6.45) is 25.4. The number of aromatic nitrogens is 2. The lowest BCUT2D eigenvalue weighted by atomic mass is 9.50. The van der Waals surface area contributed by atoms with Crippen molar-refractivity contribution in [3.05, 3.63) is 94.6 Å². The van der Waals surface area contributed by atoms with Gasteiger partial charge in [-0.25, -0.2) is 4.58 Å². The van der Waals surface area contributed by atoms with Crippen LogP contribution in [-0.2, 0) is 16.4 Å². The zero-order chi connectivity index (χ0) is 35.4. The van der Waals surface area contributed by atoms with E-state index < -0.39 is 0 Å². The highest BCUT2D eigenvalue weighted by Gasteiger charge is 2.68. The molecule has 2 aromatic heterocycles. The fourth-order valence-corrected chi connectivity index (χ4v) is 11.4. The minimum atomic E-state index is -0.179. The topological polar surface area (TPSA) is 23.0 Å². The van der Waals surface area contributed by atoms with E-state index in [0.29, 0.717) is 12.1 Å². The Hall–Kier alpha value is -3.79. The molecule has 0 bridgehead atoms. The van der Waals surface area contributed by atoms with Crippen molar-refractivity contribution in [2.24, 2.45) is 0 Å². The lowest BCUT2D eigenvalue weighted by Crippen LogP contribution is -2.73. The van der Waals surface area contributed by atoms with Gasteiger partial charge in [0, 0.05) is 96.7 Å². The van der Waals surface area contributed by atoms with Crippen molar-refractivity contribution < 1.29 is 9.14 Å². The van der Waals surface area contributed by atoms with E-state index in [1.54, 1.807) is 5.57 Å². The maximum Gasteiger partial charge on any atom is 0.218 e. The molecular formula is C47H58N4+2. The first kappa shape index (κ1) is 33.1. The molecule has 5 aliphatic rings. The number of nitrogens with zero attached hydrogens (tertiary/aromatic N) is 4. The monoisotopic (exact) mass is 678 g/mol. The second-order valence-corrected chi connectivity index (χ2v) is 17.9. The number of hydrogen-bond donors (Lipinski definition) is 0. The van der Waals surface area contributed by atoms with E-state index in [1.807, 2.05) is 0 Å². The molecule has 264 valence electrons. The molecule has 0 radical (unpaired) electrons. The number of allylic oxidation sites excluding steroid dienone is 3. The molecule has 2 atom stereocenters. The molecule has 0 saturated heterocycles. The third-order valence-corrected chi connectivity index (χ3v) is 14.7. The molecule has 2 fully saturated rings. The van der Waals surface area contributed by atoms with Crippen molar-refractivity contribution in [2.75, 3.05) is 13.6 Å². The molecule has 4 aliphatic carbocycles. The Morgan fingerprint density at radius 1 is 0.902 bits per heavy atom. The Labute approximate surface area is 306 Å². The molecule has 4 aromatic rings. The fourth-order valence-electron chi connectivity index (χ4n) is 11.4. The summed E-state index contributed by atoms with van der Waals surface area (Å²) in [6, 6.07) is 13.2. The number of hydrogen-bond acceptors (Lipinski definition) is 2. The van der Waals surface area contributed by atoms with Gasteiger partial charge in [-0.05, 0) is 75.1 Å². The van der Waals surface area contributed by atoms with Crippen LogP contribution >= 0.6 is 0 Å². The van der Waals surface area contributed by atoms with E-state index in [0.717, 1.165) is 6.54 Å². The van der Waals surface area contributed by atoms with Crippen LogP contribution in [0.4, 0.5) is 0 Å². The van der Waals surface area contributed by atoms with E-state index in [1.165, 1.54) is 131 Å². The Bertz CT molecular complexity index is 2200. The van der Waals surface area contributed by atoms with Crippen molar-refractivity contribution in [3.8, 4) is 11.3 Å². The Morgan fingerprint density at radius 3 is 2.35 bits per heavy atom. The molecule has 0 N–H and O–H groups in total. The molecule has 4 nitrogen and oxygen atoms in total. The third-order valence-electron chi connectivity index (χ3n) is 14.7. The lowest BCUT2D eigenvalue weighted by molar-refractivity contribution is -0.755. The zero-order valence-electron chi connectivity index (χ0n) is 32.5. The van der Waals surface area contributed by atoms with Crippen LogP contribution < -0.4 is 4.57 Å². The number of fused-ring (bicyclic) bond motifs is 5. The van der Waals surface area contributed by atoms with Gasteiger partial charge in [-0.2, -0.15) is 4.57 Å². The van der Waals surface area contributed by atoms with E-state index in [4.69, 9.17) is 4.98 Å². The van der Waals surface area contributed by atoms with Gasteiger partial charge in [-0.3, -0.25) is 4.98 Å². The van der Waals surface area contributed by atoms with Gasteiger partial charge in [0.25, 0.3) is 0 Å². The molecule has 4 heteroatoms. The molecule has 1 aliphatic heterocycles. The molecule has 9 rings (SSSR count). The highest BCUT2D eigenvalue weighted by atomic mass is 15.1. The first-order valence-corrected chi connectivity index (χ1v) is 20.1. The first-order chi connectivity index (χ1) is 24.4. The van der Waals surface area contributed by atoms with Gasteiger partial charge >= 0.3 is 0 Å². The molecule has 0 amide bonds. The summed E-state index contributed by atoms with van der Waals surface area (Å²) >= 11 is 0. The van der Waals surface area contributed by atoms with Gasteiger partial charge in [-0.15, -0.1) is 0 Å². The van der Waals surface area contributed by atoms with Gasteiger partial charge in [0.2, 0.25) is 5.69 Å². The summed E-state index contributed by atoms with van der Waals surface area (Å²) in [7, 11) is 2.34. The van der Waals surface area contributed by atoms with Gasteiger partial charge in [-0.1, -0.05) is 69.4 Å². The second kappa shape index (κ2) is 11.6. The molecule has 3 heterocycles. The van der Waals surface area contributed by atoms with Gasteiger partial charge in [0.15, 0.2) is 30.0 Å². The average molecular weight is 679 g/mol. The number of aryl methyl sites for hydroxylation is 1. The summed E-state index contributed by atoms with van der Waals surface area (Å²) in [4.78, 5) is 7.42. The lowest BCUT2D eigenvalue weighted by Gasteiger charge is -2.54. The van der Waals surface area contributed by atoms with Crippen molar-refractivity contribution >= 4 is 27.3 Å². The van der Waals surface area contributed by atoms with Crippen molar-refractivity contribution in [1.82, 2.24) is 9.88 Å². The molecule has 51 heavy (non-hydrogen) atoms. The van der Waals surface area contributed by atoms with Crippen molar-refractivity contribution in [2.45, 2.75) is 141 Å². The third kappa shape index (κ3) is 4.59. The Kier molecular flexibility index (Phi) is 7.53. The van der Waals surface area contributed by atoms with Crippen LogP contribution in [0.15, 0.2) is 72.3 Å². The smallest absolute Gasteiger partial charge is 0.218 e. The average Bonchev–Trinajstić information content (AvgIpc) is 3.13. The highest BCUT2D eigenvalue weighted by Crippen LogP contribution is 2.62. The van der Waals surface area contributed by atoms with Crippen LogP contribution in [0.2, 0.25) is 0 Å². The molecular weight excluding hydrogens is 621 g/mol. The van der Waals surface area contributed by atoms with E-state index in [2.05, 4.69) is 131 Å². The van der Waals surface area contributed by atoms with Gasteiger partial charge in [0.1, 0.15) is 0 Å². The van der Waals surface area contributed by atoms with E-state index in [-0.39, 0.29) is 16.4 Å². The predicted octanol–water partition coefficient (Wildman–Crippen LogP) is 10.2. The van der Waals surface area contributed by atoms with Crippen LogP contribution in [0.25, 0.3) is 32.8 Å². The van der Waals surface area contributed by atoms with Gasteiger partial charge < -0.3 is 4.90 Å². The standard InChI is InChI=1S/C47H58N4/c1-30-19-20-34-28-51-44-42-39(22-21-33-26-48-27-40(41(33)42)45(4,5)43(44)38(34)23-30)47(7)35(25-46(47,51)6)29-50(37-17-13-10-14-18-37)32(3)24-31(2)49(8)36-15-11-9-12-16-36/h19-28,36-37H,9-18,29H2,1-8H3/q+2. The van der Waals surface area contributed by atoms with Crippen LogP contribution in [-0.4, -0.2) is 45.8 Å². The molecule has 2 saturated carbocycles. The summed E-state index contributed by atoms with van der Waals surface area (Å²) in [6.45, 7) is 17.9. The first-order valence-electron chi connectivity index (χ1n) is 20.1. The van der Waals surface area contributed by atoms with Crippen LogP contribution in [0.5, 0.6) is 0 Å². The Balaban J connectivity index is 1.24. The van der Waals surface area contributed by atoms with Crippen molar-refractivity contribution in [1.29, 1.82) is 0 Å². The van der Waals surface area contributed by atoms with Gasteiger partial charge in [0.05, 0.1) is 11.0 Å². The minimum absolute atomic E-state index is 0.142. The quantitative estimate of drug-likeness (QED) is 0.115. The SMILES string of the molecule is C/C(=C/C(C)=[N+](\CC1=CC2(C)[n+]3cc4ccc(C)cc4c4c3-c3c(ccc5cncc(c35)C4(C)C)C12C)C1CCCCC1)N(C)C1CCCCC1. The van der Waals surface area contributed by atoms with Crippen LogP contribution in [0.3, 0.4) is 0 Å². The van der Waals surface area contributed by atoms with Crippen molar-refractivity contribution in [3.63, 3.8) is 0 Å². The largest absolute Gasteiger partial charge is 0.375 e. The number of pyridine rings is 2. The summed E-state index contributed by atoms with van der Waals surface area (Å²) in [5, 5.41) is 5.38. The fraction of sp³-hybridized carbons (Fsp3) is 0.511. The number of rotatable bonds is 6. The maximum absolute atomic E-state index is 4.83. The van der Waals surface area contributed by atoms with E-state index >= 15 is 0 Å².